The van der Waals surface area contributed by atoms with Gasteiger partial charge in [-0.25, -0.2) is 0 Å². The zero-order valence-electron chi connectivity index (χ0n) is 10.7. The van der Waals surface area contributed by atoms with E-state index in [1.165, 1.54) is 10.9 Å². The normalized spacial score (nSPS) is 15.6. The molecule has 1 atom stereocenters. The first kappa shape index (κ1) is 11.3. The van der Waals surface area contributed by atoms with E-state index in [0.29, 0.717) is 12.3 Å². The lowest BCUT2D eigenvalue weighted by atomic mass is 9.92. The van der Waals surface area contributed by atoms with Gasteiger partial charge in [-0.3, -0.25) is 4.79 Å². The lowest BCUT2D eigenvalue weighted by Crippen LogP contribution is -2.16. The number of hydrogen-bond acceptors (Lipinski definition) is 2. The molecular weight excluding hydrogens is 224 g/mol. The van der Waals surface area contributed by atoms with Crippen LogP contribution in [-0.4, -0.2) is 5.97 Å². The fourth-order valence-electron chi connectivity index (χ4n) is 2.55. The first-order valence-electron chi connectivity index (χ1n) is 6.45. The first-order chi connectivity index (χ1) is 8.69. The Morgan fingerprint density at radius 1 is 1.33 bits per heavy atom. The number of hydrogen-bond donors (Lipinski definition) is 0. The molecule has 0 aromatic heterocycles. The van der Waals surface area contributed by atoms with Crippen LogP contribution < -0.4 is 4.74 Å². The average molecular weight is 240 g/mol. The molecule has 1 heterocycles. The SMILES string of the molecule is CCC(C)c1cc2c3c(cccc3c1)CC(=O)O2. The zero-order valence-corrected chi connectivity index (χ0v) is 10.7. The molecule has 1 aliphatic heterocycles. The summed E-state index contributed by atoms with van der Waals surface area (Å²) >= 11 is 0. The predicted octanol–water partition coefficient (Wildman–Crippen LogP) is 3.81. The summed E-state index contributed by atoms with van der Waals surface area (Å²) in [5.41, 5.74) is 2.32. The van der Waals surface area contributed by atoms with Gasteiger partial charge in [-0.15, -0.1) is 0 Å². The van der Waals surface area contributed by atoms with Crippen LogP contribution >= 0.6 is 0 Å². The van der Waals surface area contributed by atoms with Crippen molar-refractivity contribution in [2.75, 3.05) is 0 Å². The van der Waals surface area contributed by atoms with Crippen LogP contribution in [0.3, 0.4) is 0 Å². The van der Waals surface area contributed by atoms with E-state index in [1.54, 1.807) is 0 Å². The Labute approximate surface area is 107 Å². The third-order valence-corrected chi connectivity index (χ3v) is 3.79. The smallest absolute Gasteiger partial charge is 0.315 e. The van der Waals surface area contributed by atoms with Crippen molar-refractivity contribution >= 4 is 16.7 Å². The van der Waals surface area contributed by atoms with Crippen molar-refractivity contribution in [1.29, 1.82) is 0 Å². The Balaban J connectivity index is 2.27. The predicted molar refractivity (Wildman–Crippen MR) is 72.0 cm³/mol. The van der Waals surface area contributed by atoms with Gasteiger partial charge in [0, 0.05) is 5.39 Å². The summed E-state index contributed by atoms with van der Waals surface area (Å²) in [6, 6.07) is 10.4. The Bertz CT molecular complexity index is 628. The second kappa shape index (κ2) is 4.13. The molecule has 2 aromatic carbocycles. The zero-order chi connectivity index (χ0) is 12.7. The van der Waals surface area contributed by atoms with E-state index in [1.807, 2.05) is 18.2 Å². The molecule has 0 radical (unpaired) electrons. The standard InChI is InChI=1S/C16H16O2/c1-3-10(2)13-7-11-5-4-6-12-9-15(17)18-14(8-13)16(11)12/h4-8,10H,3,9H2,1-2H3. The van der Waals surface area contributed by atoms with Gasteiger partial charge in [0.25, 0.3) is 0 Å². The van der Waals surface area contributed by atoms with Gasteiger partial charge in [0.15, 0.2) is 0 Å². The summed E-state index contributed by atoms with van der Waals surface area (Å²) in [7, 11) is 0. The lowest BCUT2D eigenvalue weighted by molar-refractivity contribution is -0.133. The van der Waals surface area contributed by atoms with Gasteiger partial charge < -0.3 is 4.74 Å². The number of carbonyl (C=O) groups excluding carboxylic acids is 1. The summed E-state index contributed by atoms with van der Waals surface area (Å²) in [5, 5.41) is 2.27. The molecule has 0 N–H and O–H groups in total. The maximum atomic E-state index is 11.6. The van der Waals surface area contributed by atoms with E-state index in [9.17, 15) is 4.79 Å². The van der Waals surface area contributed by atoms with Crippen LogP contribution in [0.5, 0.6) is 5.75 Å². The summed E-state index contributed by atoms with van der Waals surface area (Å²) in [6.45, 7) is 4.37. The molecule has 1 unspecified atom stereocenters. The number of carbonyl (C=O) groups is 1. The molecule has 0 saturated heterocycles. The van der Waals surface area contributed by atoms with Gasteiger partial charge in [0.2, 0.25) is 0 Å². The largest absolute Gasteiger partial charge is 0.426 e. The van der Waals surface area contributed by atoms with E-state index in [2.05, 4.69) is 26.0 Å². The Kier molecular flexibility index (Phi) is 2.58. The molecule has 2 nitrogen and oxygen atoms in total. The fourth-order valence-corrected chi connectivity index (χ4v) is 2.55. The summed E-state index contributed by atoms with van der Waals surface area (Å²) in [5.74, 6) is 1.06. The van der Waals surface area contributed by atoms with E-state index in [-0.39, 0.29) is 5.97 Å². The van der Waals surface area contributed by atoms with Crippen molar-refractivity contribution in [3.8, 4) is 5.75 Å². The van der Waals surface area contributed by atoms with Crippen molar-refractivity contribution in [2.45, 2.75) is 32.6 Å². The highest BCUT2D eigenvalue weighted by atomic mass is 16.5. The number of ether oxygens (including phenoxy) is 1. The lowest BCUT2D eigenvalue weighted by Gasteiger charge is -2.19. The van der Waals surface area contributed by atoms with Gasteiger partial charge in [-0.05, 0) is 34.9 Å². The van der Waals surface area contributed by atoms with Crippen molar-refractivity contribution in [3.63, 3.8) is 0 Å². The van der Waals surface area contributed by atoms with Gasteiger partial charge >= 0.3 is 5.97 Å². The van der Waals surface area contributed by atoms with Gasteiger partial charge in [-0.1, -0.05) is 38.1 Å². The fraction of sp³-hybridized carbons (Fsp3) is 0.312. The topological polar surface area (TPSA) is 26.3 Å². The van der Waals surface area contributed by atoms with E-state index < -0.39 is 0 Å². The third-order valence-electron chi connectivity index (χ3n) is 3.79. The van der Waals surface area contributed by atoms with Crippen LogP contribution in [0.15, 0.2) is 30.3 Å². The first-order valence-corrected chi connectivity index (χ1v) is 6.45. The van der Waals surface area contributed by atoms with E-state index >= 15 is 0 Å². The molecule has 3 rings (SSSR count). The molecule has 1 aliphatic rings. The summed E-state index contributed by atoms with van der Waals surface area (Å²) < 4.78 is 5.40. The monoisotopic (exact) mass is 240 g/mol. The highest BCUT2D eigenvalue weighted by Crippen LogP contribution is 2.36. The second-order valence-corrected chi connectivity index (χ2v) is 4.99. The molecule has 0 aliphatic carbocycles. The minimum atomic E-state index is -0.156. The molecular formula is C16H16O2. The van der Waals surface area contributed by atoms with E-state index in [4.69, 9.17) is 4.74 Å². The molecule has 0 spiro atoms. The minimum Gasteiger partial charge on any atom is -0.426 e. The highest BCUT2D eigenvalue weighted by molar-refractivity contribution is 5.98. The quantitative estimate of drug-likeness (QED) is 0.589. The molecule has 0 fully saturated rings. The van der Waals surface area contributed by atoms with E-state index in [0.717, 1.165) is 23.1 Å². The molecule has 2 heteroatoms. The Morgan fingerprint density at radius 2 is 2.17 bits per heavy atom. The summed E-state index contributed by atoms with van der Waals surface area (Å²) in [4.78, 5) is 11.6. The molecule has 92 valence electrons. The maximum Gasteiger partial charge on any atom is 0.315 e. The van der Waals surface area contributed by atoms with Crippen LogP contribution in [0.4, 0.5) is 0 Å². The van der Waals surface area contributed by atoms with Crippen molar-refractivity contribution in [2.24, 2.45) is 0 Å². The molecule has 0 amide bonds. The van der Waals surface area contributed by atoms with Gasteiger partial charge in [-0.2, -0.15) is 0 Å². The molecule has 2 aromatic rings. The third kappa shape index (κ3) is 1.69. The molecule has 0 bridgehead atoms. The Hall–Kier alpha value is -1.83. The number of benzene rings is 2. The van der Waals surface area contributed by atoms with Crippen molar-refractivity contribution in [1.82, 2.24) is 0 Å². The molecule has 18 heavy (non-hydrogen) atoms. The maximum absolute atomic E-state index is 11.6. The molecule has 0 saturated carbocycles. The Morgan fingerprint density at radius 3 is 2.94 bits per heavy atom. The number of esters is 1. The minimum absolute atomic E-state index is 0.156. The van der Waals surface area contributed by atoms with Gasteiger partial charge in [0.05, 0.1) is 6.42 Å². The second-order valence-electron chi connectivity index (χ2n) is 4.99. The van der Waals surface area contributed by atoms with Crippen LogP contribution in [0.2, 0.25) is 0 Å². The number of rotatable bonds is 2. The average Bonchev–Trinajstić information content (AvgIpc) is 2.37. The van der Waals surface area contributed by atoms with Crippen LogP contribution in [-0.2, 0) is 11.2 Å². The highest BCUT2D eigenvalue weighted by Gasteiger charge is 2.20. The summed E-state index contributed by atoms with van der Waals surface area (Å²) in [6.07, 6.45) is 1.46. The van der Waals surface area contributed by atoms with Crippen LogP contribution in [0.1, 0.15) is 37.3 Å². The van der Waals surface area contributed by atoms with Crippen LogP contribution in [0, 0.1) is 0 Å². The van der Waals surface area contributed by atoms with Gasteiger partial charge in [0.1, 0.15) is 5.75 Å². The van der Waals surface area contributed by atoms with Crippen molar-refractivity contribution < 1.29 is 9.53 Å². The van der Waals surface area contributed by atoms with Crippen LogP contribution in [0.25, 0.3) is 10.8 Å². The van der Waals surface area contributed by atoms with Crippen molar-refractivity contribution in [3.05, 3.63) is 41.5 Å².